The number of aliphatic hydroxyl groups is 1. The maximum Gasteiger partial charge on any atom is 0.326 e. The number of carbonyl (C=O) groups is 2. The number of carbonyl (C=O) groups excluding carboxylic acids is 1. The Morgan fingerprint density at radius 1 is 1.12 bits per heavy atom. The molecule has 182 valence electrons. The first-order valence-corrected chi connectivity index (χ1v) is 12.8. The normalized spacial score (nSPS) is 43.5. The molecule has 7 heteroatoms. The number of rotatable bonds is 4. The van der Waals surface area contributed by atoms with Crippen molar-refractivity contribution in [3.63, 3.8) is 0 Å². The molecule has 5 aliphatic rings. The Kier molecular flexibility index (Phi) is 5.82. The number of allylic oxidation sites excluding steroid dienone is 2. The highest BCUT2D eigenvalue weighted by molar-refractivity contribution is 5.96. The molecule has 5 rings (SSSR count). The maximum absolute atomic E-state index is 12.4. The minimum atomic E-state index is -0.950. The Labute approximate surface area is 196 Å². The zero-order valence-electron chi connectivity index (χ0n) is 20.0. The molecule has 0 spiro atoms. The van der Waals surface area contributed by atoms with Crippen LogP contribution in [0.4, 0.5) is 0 Å². The molecule has 3 saturated carbocycles. The zero-order chi connectivity index (χ0) is 23.4. The Bertz CT molecular complexity index is 884. The van der Waals surface area contributed by atoms with Crippen LogP contribution >= 0.6 is 0 Å². The van der Waals surface area contributed by atoms with Gasteiger partial charge < -0.3 is 20.0 Å². The molecule has 0 aromatic rings. The van der Waals surface area contributed by atoms with E-state index >= 15 is 0 Å². The van der Waals surface area contributed by atoms with Crippen LogP contribution in [0.15, 0.2) is 16.8 Å². The monoisotopic (exact) mass is 458 g/mol. The summed E-state index contributed by atoms with van der Waals surface area (Å²) in [5, 5.41) is 24.2. The first-order valence-electron chi connectivity index (χ1n) is 12.8. The summed E-state index contributed by atoms with van der Waals surface area (Å²) in [4.78, 5) is 30.5. The smallest absolute Gasteiger partial charge is 0.326 e. The van der Waals surface area contributed by atoms with Crippen LogP contribution in [0.3, 0.4) is 0 Å². The van der Waals surface area contributed by atoms with Crippen LogP contribution in [-0.2, 0) is 14.4 Å². The summed E-state index contributed by atoms with van der Waals surface area (Å²) in [6.45, 7) is 5.02. The average molecular weight is 459 g/mol. The van der Waals surface area contributed by atoms with E-state index in [-0.39, 0.29) is 29.4 Å². The molecule has 0 unspecified atom stereocenters. The van der Waals surface area contributed by atoms with E-state index in [0.29, 0.717) is 37.1 Å². The van der Waals surface area contributed by atoms with E-state index in [4.69, 9.17) is 4.84 Å². The second kappa shape index (κ2) is 8.40. The number of nitrogens with zero attached hydrogens (tertiary/aromatic N) is 2. The standard InChI is InChI=1S/C26H38N2O5/c1-25-11-9-17(27-33-15-23(30)28-13-3-4-21(28)24(31)32)14-16(25)5-6-18-19-7-8-22(29)26(19,2)12-10-20(18)25/h14,18-22,29H,3-13,15H2,1-2H3,(H,31,32)/b27-17+/t18-,19+,20+,21-,22+,25+,26+/m1/s1. The first kappa shape index (κ1) is 22.9. The van der Waals surface area contributed by atoms with Crippen LogP contribution in [0.2, 0.25) is 0 Å². The molecule has 1 amide bonds. The summed E-state index contributed by atoms with van der Waals surface area (Å²) >= 11 is 0. The van der Waals surface area contributed by atoms with Crippen LogP contribution in [-0.4, -0.2) is 58.0 Å². The number of fused-ring (bicyclic) bond motifs is 5. The number of oxime groups is 1. The lowest BCUT2D eigenvalue weighted by molar-refractivity contribution is -0.150. The van der Waals surface area contributed by atoms with Gasteiger partial charge in [0.15, 0.2) is 6.61 Å². The molecule has 0 aromatic heterocycles. The van der Waals surface area contributed by atoms with Crippen molar-refractivity contribution in [1.82, 2.24) is 4.90 Å². The number of hydrogen-bond acceptors (Lipinski definition) is 5. The molecule has 0 radical (unpaired) electrons. The predicted octanol–water partition coefficient (Wildman–Crippen LogP) is 3.76. The summed E-state index contributed by atoms with van der Waals surface area (Å²) in [5.74, 6) is 0.775. The third-order valence-electron chi connectivity index (χ3n) is 10.2. The number of aliphatic hydroxyl groups excluding tert-OH is 1. The number of amides is 1. The molecule has 1 heterocycles. The third-order valence-corrected chi connectivity index (χ3v) is 10.2. The quantitative estimate of drug-likeness (QED) is 0.625. The van der Waals surface area contributed by atoms with Crippen molar-refractivity contribution in [2.45, 2.75) is 90.2 Å². The van der Waals surface area contributed by atoms with Gasteiger partial charge in [-0.15, -0.1) is 0 Å². The summed E-state index contributed by atoms with van der Waals surface area (Å²) < 4.78 is 0. The van der Waals surface area contributed by atoms with Crippen molar-refractivity contribution in [3.05, 3.63) is 11.6 Å². The SMILES string of the molecule is C[C@]12CC[C@H]3[C@H](CCC4=C/C(=N/OCC(=O)N5CCC[C@@H]5C(=O)O)CC[C@@]43C)[C@@H]1CC[C@@H]2O. The number of likely N-dealkylation sites (tertiary alicyclic amines) is 1. The van der Waals surface area contributed by atoms with Gasteiger partial charge in [-0.25, -0.2) is 4.79 Å². The molecular weight excluding hydrogens is 420 g/mol. The third kappa shape index (κ3) is 3.71. The highest BCUT2D eigenvalue weighted by atomic mass is 16.6. The highest BCUT2D eigenvalue weighted by Crippen LogP contribution is 2.65. The van der Waals surface area contributed by atoms with E-state index in [1.807, 2.05) is 0 Å². The van der Waals surface area contributed by atoms with Gasteiger partial charge in [0.25, 0.3) is 5.91 Å². The summed E-state index contributed by atoms with van der Waals surface area (Å²) in [5.41, 5.74) is 2.66. The molecule has 4 fully saturated rings. The largest absolute Gasteiger partial charge is 0.480 e. The van der Waals surface area contributed by atoms with Gasteiger partial charge in [-0.3, -0.25) is 4.79 Å². The van der Waals surface area contributed by atoms with Crippen molar-refractivity contribution in [3.8, 4) is 0 Å². The number of carboxylic acid groups (broad SMARTS) is 1. The number of hydrogen-bond donors (Lipinski definition) is 2. The molecular formula is C26H38N2O5. The second-order valence-corrected chi connectivity index (χ2v) is 11.6. The van der Waals surface area contributed by atoms with Gasteiger partial charge in [-0.05, 0) is 98.9 Å². The number of aliphatic carboxylic acids is 1. The molecule has 7 nitrogen and oxygen atoms in total. The Morgan fingerprint density at radius 3 is 2.73 bits per heavy atom. The molecule has 7 atom stereocenters. The second-order valence-electron chi connectivity index (χ2n) is 11.6. The van der Waals surface area contributed by atoms with Crippen molar-refractivity contribution >= 4 is 17.6 Å². The van der Waals surface area contributed by atoms with Gasteiger partial charge in [0, 0.05) is 6.54 Å². The van der Waals surface area contributed by atoms with Gasteiger partial charge in [0.2, 0.25) is 0 Å². The lowest BCUT2D eigenvalue weighted by Crippen LogP contribution is -2.51. The van der Waals surface area contributed by atoms with E-state index in [9.17, 15) is 19.8 Å². The minimum absolute atomic E-state index is 0.107. The fourth-order valence-corrected chi connectivity index (χ4v) is 8.19. The van der Waals surface area contributed by atoms with Gasteiger partial charge in [-0.2, -0.15) is 0 Å². The summed E-state index contributed by atoms with van der Waals surface area (Å²) in [7, 11) is 0. The topological polar surface area (TPSA) is 99.4 Å². The van der Waals surface area contributed by atoms with Gasteiger partial charge in [0.1, 0.15) is 6.04 Å². The van der Waals surface area contributed by atoms with Gasteiger partial charge >= 0.3 is 5.97 Å². The van der Waals surface area contributed by atoms with Crippen LogP contribution in [0.1, 0.15) is 78.1 Å². The van der Waals surface area contributed by atoms with E-state index in [0.717, 1.165) is 37.8 Å². The lowest BCUT2D eigenvalue weighted by Gasteiger charge is -2.57. The van der Waals surface area contributed by atoms with E-state index < -0.39 is 12.0 Å². The van der Waals surface area contributed by atoms with Gasteiger partial charge in [-0.1, -0.05) is 24.6 Å². The van der Waals surface area contributed by atoms with Crippen molar-refractivity contribution in [1.29, 1.82) is 0 Å². The summed E-state index contributed by atoms with van der Waals surface area (Å²) in [6.07, 6.45) is 11.9. The lowest BCUT2D eigenvalue weighted by atomic mass is 9.47. The minimum Gasteiger partial charge on any atom is -0.480 e. The first-order chi connectivity index (χ1) is 15.7. The Morgan fingerprint density at radius 2 is 1.94 bits per heavy atom. The summed E-state index contributed by atoms with van der Waals surface area (Å²) in [6, 6.07) is -0.736. The van der Waals surface area contributed by atoms with Crippen molar-refractivity contribution < 1.29 is 24.6 Å². The van der Waals surface area contributed by atoms with Gasteiger partial charge in [0.05, 0.1) is 11.8 Å². The van der Waals surface area contributed by atoms with Crippen molar-refractivity contribution in [2.24, 2.45) is 33.7 Å². The molecule has 4 aliphatic carbocycles. The molecule has 1 saturated heterocycles. The van der Waals surface area contributed by atoms with E-state index in [1.165, 1.54) is 29.7 Å². The highest BCUT2D eigenvalue weighted by Gasteiger charge is 2.58. The van der Waals surface area contributed by atoms with Crippen molar-refractivity contribution in [2.75, 3.05) is 13.2 Å². The van der Waals surface area contributed by atoms with E-state index in [2.05, 4.69) is 25.1 Å². The average Bonchev–Trinajstić information content (AvgIpc) is 3.39. The Hall–Kier alpha value is -1.89. The fourth-order valence-electron chi connectivity index (χ4n) is 8.19. The van der Waals surface area contributed by atoms with Crippen LogP contribution in [0.5, 0.6) is 0 Å². The fraction of sp³-hybridized carbons (Fsp3) is 0.808. The molecule has 0 aromatic carbocycles. The molecule has 33 heavy (non-hydrogen) atoms. The van der Waals surface area contributed by atoms with Crippen LogP contribution < -0.4 is 0 Å². The van der Waals surface area contributed by atoms with E-state index in [1.54, 1.807) is 0 Å². The number of carboxylic acids is 1. The predicted molar refractivity (Wildman–Crippen MR) is 123 cm³/mol. The Balaban J connectivity index is 1.24. The van der Waals surface area contributed by atoms with Crippen LogP contribution in [0.25, 0.3) is 0 Å². The zero-order valence-corrected chi connectivity index (χ0v) is 20.0. The maximum atomic E-state index is 12.4. The van der Waals surface area contributed by atoms with Crippen LogP contribution in [0, 0.1) is 28.6 Å². The molecule has 2 N–H and O–H groups in total. The molecule has 0 bridgehead atoms. The molecule has 1 aliphatic heterocycles.